The molecule has 0 radical (unpaired) electrons. The van der Waals surface area contributed by atoms with Gasteiger partial charge in [0.15, 0.2) is 0 Å². The molecule has 1 aliphatic heterocycles. The van der Waals surface area contributed by atoms with Crippen molar-refractivity contribution in [3.05, 3.63) is 24.6 Å². The largest absolute Gasteiger partial charge is 0.362 e. The number of unbranched alkanes of at least 4 members (excludes halogenated alkanes) is 12. The molecule has 2 heteroatoms. The standard InChI is InChI=1S/C22H42N2/c1-3-4-5-6-7-8-9-10-11-12-13-14-15-16-17-18-19-24-21-20-23(2)22-24/h10-11,20-21H,3-9,12-19,22H2,1-2H3/b11-10-. The first kappa shape index (κ1) is 21.1. The normalized spacial score (nSPS) is 14.4. The summed E-state index contributed by atoms with van der Waals surface area (Å²) in [5.41, 5.74) is 0. The summed E-state index contributed by atoms with van der Waals surface area (Å²) < 4.78 is 0. The van der Waals surface area contributed by atoms with Crippen molar-refractivity contribution in [2.75, 3.05) is 20.3 Å². The third kappa shape index (κ3) is 12.5. The van der Waals surface area contributed by atoms with Gasteiger partial charge in [0.2, 0.25) is 0 Å². The minimum atomic E-state index is 1.07. The molecule has 0 aromatic heterocycles. The summed E-state index contributed by atoms with van der Waals surface area (Å²) >= 11 is 0. The highest BCUT2D eigenvalue weighted by molar-refractivity contribution is 4.88. The second-order valence-corrected chi connectivity index (χ2v) is 7.45. The van der Waals surface area contributed by atoms with E-state index in [-0.39, 0.29) is 0 Å². The molecule has 1 aliphatic rings. The Morgan fingerprint density at radius 2 is 1.25 bits per heavy atom. The van der Waals surface area contributed by atoms with E-state index in [1.54, 1.807) is 0 Å². The minimum absolute atomic E-state index is 1.07. The zero-order valence-electron chi connectivity index (χ0n) is 16.5. The van der Waals surface area contributed by atoms with Crippen LogP contribution in [0.3, 0.4) is 0 Å². The Labute approximate surface area is 152 Å². The molecule has 0 bridgehead atoms. The van der Waals surface area contributed by atoms with Crippen LogP contribution in [-0.2, 0) is 0 Å². The first-order chi connectivity index (χ1) is 11.8. The number of rotatable bonds is 16. The Morgan fingerprint density at radius 3 is 1.79 bits per heavy atom. The molecule has 0 amide bonds. The van der Waals surface area contributed by atoms with Crippen molar-refractivity contribution in [1.82, 2.24) is 9.80 Å². The molecule has 0 fully saturated rings. The Bertz CT molecular complexity index is 322. The molecular weight excluding hydrogens is 292 g/mol. The first-order valence-corrected chi connectivity index (χ1v) is 10.6. The molecule has 2 nitrogen and oxygen atoms in total. The summed E-state index contributed by atoms with van der Waals surface area (Å²) in [5.74, 6) is 0. The second-order valence-electron chi connectivity index (χ2n) is 7.45. The summed E-state index contributed by atoms with van der Waals surface area (Å²) in [4.78, 5) is 4.65. The van der Waals surface area contributed by atoms with Gasteiger partial charge in [0.05, 0.1) is 6.67 Å². The predicted molar refractivity (Wildman–Crippen MR) is 108 cm³/mol. The maximum atomic E-state index is 2.42. The van der Waals surface area contributed by atoms with Crippen LogP contribution in [0.1, 0.15) is 96.8 Å². The summed E-state index contributed by atoms with van der Waals surface area (Å²) in [6, 6.07) is 0. The van der Waals surface area contributed by atoms with Crippen molar-refractivity contribution < 1.29 is 0 Å². The zero-order valence-corrected chi connectivity index (χ0v) is 16.5. The van der Waals surface area contributed by atoms with Crippen LogP contribution in [0, 0.1) is 0 Å². The molecule has 1 heterocycles. The van der Waals surface area contributed by atoms with E-state index in [0.29, 0.717) is 0 Å². The fourth-order valence-corrected chi connectivity index (χ4v) is 3.30. The minimum Gasteiger partial charge on any atom is -0.362 e. The highest BCUT2D eigenvalue weighted by atomic mass is 15.3. The van der Waals surface area contributed by atoms with E-state index in [2.05, 4.69) is 48.3 Å². The quantitative estimate of drug-likeness (QED) is 0.229. The van der Waals surface area contributed by atoms with Crippen LogP contribution in [0.2, 0.25) is 0 Å². The third-order valence-corrected chi connectivity index (χ3v) is 4.89. The molecule has 24 heavy (non-hydrogen) atoms. The fourth-order valence-electron chi connectivity index (χ4n) is 3.30. The molecule has 0 spiro atoms. The van der Waals surface area contributed by atoms with E-state index < -0.39 is 0 Å². The lowest BCUT2D eigenvalue weighted by molar-refractivity contribution is 0.290. The maximum absolute atomic E-state index is 2.42. The van der Waals surface area contributed by atoms with Crippen LogP contribution in [0.4, 0.5) is 0 Å². The van der Waals surface area contributed by atoms with Crippen LogP contribution in [-0.4, -0.2) is 30.1 Å². The van der Waals surface area contributed by atoms with Crippen molar-refractivity contribution in [3.8, 4) is 0 Å². The molecule has 0 unspecified atom stereocenters. The lowest BCUT2D eigenvalue weighted by Crippen LogP contribution is -2.23. The van der Waals surface area contributed by atoms with Crippen molar-refractivity contribution in [2.45, 2.75) is 96.8 Å². The predicted octanol–water partition coefficient (Wildman–Crippen LogP) is 6.70. The van der Waals surface area contributed by atoms with Crippen LogP contribution < -0.4 is 0 Å². The van der Waals surface area contributed by atoms with Gasteiger partial charge in [-0.3, -0.25) is 0 Å². The van der Waals surface area contributed by atoms with Crippen molar-refractivity contribution in [3.63, 3.8) is 0 Å². The van der Waals surface area contributed by atoms with Crippen molar-refractivity contribution in [1.29, 1.82) is 0 Å². The smallest absolute Gasteiger partial charge is 0.0890 e. The van der Waals surface area contributed by atoms with Gasteiger partial charge in [-0.05, 0) is 32.1 Å². The van der Waals surface area contributed by atoms with Gasteiger partial charge in [0.1, 0.15) is 0 Å². The fraction of sp³-hybridized carbons (Fsp3) is 0.818. The molecule has 0 aliphatic carbocycles. The number of hydrogen-bond donors (Lipinski definition) is 0. The maximum Gasteiger partial charge on any atom is 0.0890 e. The zero-order chi connectivity index (χ0) is 17.3. The molecular formula is C22H42N2. The lowest BCUT2D eigenvalue weighted by atomic mass is 10.1. The Morgan fingerprint density at radius 1 is 0.708 bits per heavy atom. The summed E-state index contributed by atoms with van der Waals surface area (Å²) in [6.07, 6.45) is 28.6. The van der Waals surface area contributed by atoms with E-state index in [4.69, 9.17) is 0 Å². The number of hydrogen-bond acceptors (Lipinski definition) is 2. The summed E-state index contributed by atoms with van der Waals surface area (Å²) in [6.45, 7) is 4.58. The highest BCUT2D eigenvalue weighted by Crippen LogP contribution is 2.11. The Hall–Kier alpha value is -0.920. The van der Waals surface area contributed by atoms with Gasteiger partial charge in [-0.15, -0.1) is 0 Å². The van der Waals surface area contributed by atoms with Crippen molar-refractivity contribution >= 4 is 0 Å². The van der Waals surface area contributed by atoms with E-state index in [1.807, 2.05) is 0 Å². The van der Waals surface area contributed by atoms with Gasteiger partial charge in [-0.2, -0.15) is 0 Å². The number of allylic oxidation sites excluding steroid dienone is 2. The summed E-state index contributed by atoms with van der Waals surface area (Å²) in [7, 11) is 2.14. The van der Waals surface area contributed by atoms with E-state index in [0.717, 1.165) is 6.67 Å². The summed E-state index contributed by atoms with van der Waals surface area (Å²) in [5, 5.41) is 0. The third-order valence-electron chi connectivity index (χ3n) is 4.89. The number of nitrogens with zero attached hydrogens (tertiary/aromatic N) is 2. The lowest BCUT2D eigenvalue weighted by Gasteiger charge is -2.17. The molecule has 0 N–H and O–H groups in total. The SMILES string of the molecule is CCCCCCCC/C=C\CCCCCCCCN1C=CN(C)C1. The highest BCUT2D eigenvalue weighted by Gasteiger charge is 2.06. The average Bonchev–Trinajstić information content (AvgIpc) is 3.00. The van der Waals surface area contributed by atoms with Gasteiger partial charge in [0, 0.05) is 26.0 Å². The van der Waals surface area contributed by atoms with Crippen LogP contribution in [0.5, 0.6) is 0 Å². The average molecular weight is 335 g/mol. The van der Waals surface area contributed by atoms with Crippen LogP contribution >= 0.6 is 0 Å². The second kappa shape index (κ2) is 15.6. The van der Waals surface area contributed by atoms with Gasteiger partial charge in [-0.1, -0.05) is 76.9 Å². The van der Waals surface area contributed by atoms with Gasteiger partial charge < -0.3 is 9.80 Å². The van der Waals surface area contributed by atoms with E-state index in [9.17, 15) is 0 Å². The van der Waals surface area contributed by atoms with Crippen LogP contribution in [0.25, 0.3) is 0 Å². The Kier molecular flexibility index (Phi) is 13.7. The monoisotopic (exact) mass is 334 g/mol. The van der Waals surface area contributed by atoms with E-state index in [1.165, 1.54) is 96.4 Å². The molecule has 0 atom stereocenters. The topological polar surface area (TPSA) is 6.48 Å². The van der Waals surface area contributed by atoms with Gasteiger partial charge >= 0.3 is 0 Å². The molecule has 0 saturated heterocycles. The Balaban J connectivity index is 1.73. The van der Waals surface area contributed by atoms with Gasteiger partial charge in [0.25, 0.3) is 0 Å². The molecule has 140 valence electrons. The first-order valence-electron chi connectivity index (χ1n) is 10.6. The molecule has 1 rings (SSSR count). The molecule has 0 aromatic rings. The van der Waals surface area contributed by atoms with E-state index >= 15 is 0 Å². The van der Waals surface area contributed by atoms with Crippen LogP contribution in [0.15, 0.2) is 24.6 Å². The molecule has 0 aromatic carbocycles. The molecule has 0 saturated carbocycles. The van der Waals surface area contributed by atoms with Gasteiger partial charge in [-0.25, -0.2) is 0 Å². The van der Waals surface area contributed by atoms with Crippen molar-refractivity contribution in [2.24, 2.45) is 0 Å².